The summed E-state index contributed by atoms with van der Waals surface area (Å²) in [4.78, 5) is 24.1. The second kappa shape index (κ2) is 10.3. The zero-order chi connectivity index (χ0) is 22.5. The minimum atomic E-state index is -0.675. The molecule has 4 aliphatic carbocycles. The monoisotopic (exact) mass is 433 g/mol. The first-order chi connectivity index (χ1) is 14.8. The number of carboxylic acids is 1. The maximum Gasteiger partial charge on any atom is 0.303 e. The predicted molar refractivity (Wildman–Crippen MR) is 117 cm³/mol. The summed E-state index contributed by atoms with van der Waals surface area (Å²) in [5.41, 5.74) is -0.542. The van der Waals surface area contributed by atoms with Crippen LogP contribution < -0.4 is 5.32 Å². The first kappa shape index (κ1) is 24.0. The third-order valence-corrected chi connectivity index (χ3v) is 7.61. The van der Waals surface area contributed by atoms with Gasteiger partial charge in [0.25, 0.3) is 0 Å². The average Bonchev–Trinajstić information content (AvgIpc) is 3.17. The summed E-state index contributed by atoms with van der Waals surface area (Å²) in [5.74, 6) is 0.609. The Hall–Kier alpha value is -1.65. The second-order valence-corrected chi connectivity index (χ2v) is 10.4. The molecular weight excluding hydrogens is 394 g/mol. The average molecular weight is 434 g/mol. The summed E-state index contributed by atoms with van der Waals surface area (Å²) < 4.78 is 0. The highest BCUT2D eigenvalue weighted by atomic mass is 16.4. The topological polar surface area (TPSA) is 114 Å². The molecule has 1 saturated heterocycles. The van der Waals surface area contributed by atoms with Crippen LogP contribution in [0.15, 0.2) is 0 Å². The number of nitrogens with zero attached hydrogens (tertiary/aromatic N) is 2. The van der Waals surface area contributed by atoms with E-state index in [0.29, 0.717) is 31.3 Å². The number of nitriles is 1. The second-order valence-electron chi connectivity index (χ2n) is 10.4. The predicted octanol–water partition coefficient (Wildman–Crippen LogP) is 3.22. The number of unbranched alkanes of at least 4 members (excludes halogenated alkanes) is 3. The van der Waals surface area contributed by atoms with E-state index in [2.05, 4.69) is 18.3 Å². The highest BCUT2D eigenvalue weighted by molar-refractivity contribution is 5.79. The van der Waals surface area contributed by atoms with E-state index in [-0.39, 0.29) is 17.5 Å². The fourth-order valence-electron chi connectivity index (χ4n) is 6.69. The van der Waals surface area contributed by atoms with E-state index >= 15 is 0 Å². The van der Waals surface area contributed by atoms with Gasteiger partial charge < -0.3 is 20.4 Å². The zero-order valence-electron chi connectivity index (χ0n) is 18.9. The van der Waals surface area contributed by atoms with Gasteiger partial charge in [0, 0.05) is 18.5 Å². The third kappa shape index (κ3) is 6.20. The van der Waals surface area contributed by atoms with Crippen LogP contribution in [0.4, 0.5) is 0 Å². The molecule has 0 radical (unpaired) electrons. The maximum absolute atomic E-state index is 12.4. The number of carboxylic acid groups (broad SMARTS) is 1. The molecule has 0 aromatic carbocycles. The van der Waals surface area contributed by atoms with Gasteiger partial charge in [0.1, 0.15) is 6.04 Å². The number of amides is 1. The van der Waals surface area contributed by atoms with E-state index in [9.17, 15) is 14.7 Å². The number of hydrogen-bond donors (Lipinski definition) is 3. The van der Waals surface area contributed by atoms with Crippen molar-refractivity contribution in [1.29, 1.82) is 5.26 Å². The number of nitrogens with one attached hydrogen (secondary N) is 1. The molecule has 1 aliphatic heterocycles. The highest BCUT2D eigenvalue weighted by Gasteiger charge is 2.57. The molecule has 174 valence electrons. The quantitative estimate of drug-likeness (QED) is 0.507. The van der Waals surface area contributed by atoms with Crippen molar-refractivity contribution in [3.8, 4) is 6.07 Å². The van der Waals surface area contributed by atoms with Gasteiger partial charge in [0.2, 0.25) is 5.91 Å². The lowest BCUT2D eigenvalue weighted by Gasteiger charge is -2.60. The van der Waals surface area contributed by atoms with Crippen LogP contribution in [0.3, 0.4) is 0 Å². The lowest BCUT2D eigenvalue weighted by Crippen LogP contribution is -2.65. The van der Waals surface area contributed by atoms with Gasteiger partial charge >= 0.3 is 5.97 Å². The Morgan fingerprint density at radius 2 is 1.87 bits per heavy atom. The van der Waals surface area contributed by atoms with Crippen molar-refractivity contribution < 1.29 is 19.8 Å². The van der Waals surface area contributed by atoms with Crippen molar-refractivity contribution in [2.24, 2.45) is 11.8 Å². The van der Waals surface area contributed by atoms with Crippen LogP contribution in [-0.4, -0.2) is 57.3 Å². The van der Waals surface area contributed by atoms with Crippen LogP contribution in [0.1, 0.15) is 90.4 Å². The van der Waals surface area contributed by atoms with E-state index in [1.165, 1.54) is 12.8 Å². The Labute approximate surface area is 186 Å². The molecule has 1 heterocycles. The summed E-state index contributed by atoms with van der Waals surface area (Å²) in [6.07, 6.45) is 12.4. The lowest BCUT2D eigenvalue weighted by molar-refractivity contribution is -0.147. The molecule has 4 saturated carbocycles. The Morgan fingerprint density at radius 3 is 2.45 bits per heavy atom. The molecule has 1 amide bonds. The molecule has 7 nitrogen and oxygen atoms in total. The first-order valence-electron chi connectivity index (χ1n) is 12.2. The van der Waals surface area contributed by atoms with Gasteiger partial charge in [-0.15, -0.1) is 0 Å². The van der Waals surface area contributed by atoms with Crippen molar-refractivity contribution in [3.05, 3.63) is 0 Å². The van der Waals surface area contributed by atoms with Crippen molar-refractivity contribution >= 4 is 11.9 Å². The largest absolute Gasteiger partial charge is 0.481 e. The number of aliphatic hydroxyl groups is 1. The van der Waals surface area contributed by atoms with E-state index in [4.69, 9.17) is 10.4 Å². The third-order valence-electron chi connectivity index (χ3n) is 7.61. The van der Waals surface area contributed by atoms with Crippen molar-refractivity contribution in [1.82, 2.24) is 10.2 Å². The summed E-state index contributed by atoms with van der Waals surface area (Å²) >= 11 is 0. The van der Waals surface area contributed by atoms with E-state index < -0.39 is 11.6 Å². The molecule has 3 N–H and O–H groups in total. The minimum absolute atomic E-state index is 0.0453. The van der Waals surface area contributed by atoms with Gasteiger partial charge in [-0.05, 0) is 69.6 Å². The van der Waals surface area contributed by atoms with Gasteiger partial charge in [-0.3, -0.25) is 9.59 Å². The molecule has 7 heteroatoms. The van der Waals surface area contributed by atoms with Gasteiger partial charge in [-0.1, -0.05) is 26.2 Å². The van der Waals surface area contributed by atoms with Crippen LogP contribution >= 0.6 is 0 Å². The van der Waals surface area contributed by atoms with E-state index in [0.717, 1.165) is 64.2 Å². The number of carbonyl (C=O) groups is 2. The standard InChI is InChI=1S/C17H25N3O2.C7H14O2/c18-9-14-2-1-3-20(14)15(21)10-19-16-5-12-4-13(6-16)8-17(22,7-12)11-16;1-2-3-4-5-6-7(8)9/h12-14,19,22H,1-8,10-11H2;2-6H2,1H3,(H,8,9)/t12?,13?,14-,16?,17?;/m0./s1. The summed E-state index contributed by atoms with van der Waals surface area (Å²) in [5, 5.41) is 31.6. The number of likely N-dealkylation sites (tertiary alicyclic amines) is 1. The fourth-order valence-corrected chi connectivity index (χ4v) is 6.69. The SMILES string of the molecule is CCCCCCC(=O)O.N#C[C@@H]1CCCN1C(=O)CNC12CC3CC(CC(O)(C3)C1)C2. The van der Waals surface area contributed by atoms with Crippen molar-refractivity contribution in [3.63, 3.8) is 0 Å². The molecule has 0 spiro atoms. The molecule has 3 atom stereocenters. The van der Waals surface area contributed by atoms with Crippen LogP contribution in [0.2, 0.25) is 0 Å². The van der Waals surface area contributed by atoms with Crippen LogP contribution in [0, 0.1) is 23.2 Å². The molecule has 0 aromatic heterocycles. The van der Waals surface area contributed by atoms with Gasteiger partial charge in [0.15, 0.2) is 0 Å². The van der Waals surface area contributed by atoms with Gasteiger partial charge in [0.05, 0.1) is 18.2 Å². The molecule has 0 aromatic rings. The Morgan fingerprint density at radius 1 is 1.16 bits per heavy atom. The maximum atomic E-state index is 12.4. The summed E-state index contributed by atoms with van der Waals surface area (Å²) in [7, 11) is 0. The minimum Gasteiger partial charge on any atom is -0.481 e. The first-order valence-corrected chi connectivity index (χ1v) is 12.2. The number of rotatable bonds is 8. The Bertz CT molecular complexity index is 675. The molecule has 5 fully saturated rings. The van der Waals surface area contributed by atoms with E-state index in [1.54, 1.807) is 4.90 Å². The number of aliphatic carboxylic acids is 1. The smallest absolute Gasteiger partial charge is 0.303 e. The van der Waals surface area contributed by atoms with Crippen LogP contribution in [0.5, 0.6) is 0 Å². The normalized spacial score (nSPS) is 35.4. The molecule has 4 bridgehead atoms. The molecule has 5 rings (SSSR count). The Balaban J connectivity index is 0.000000259. The number of hydrogen-bond acceptors (Lipinski definition) is 5. The zero-order valence-corrected chi connectivity index (χ0v) is 18.9. The van der Waals surface area contributed by atoms with E-state index in [1.807, 2.05) is 0 Å². The molecule has 5 aliphatic rings. The molecule has 2 unspecified atom stereocenters. The highest BCUT2D eigenvalue weighted by Crippen LogP contribution is 2.57. The van der Waals surface area contributed by atoms with Gasteiger partial charge in [-0.25, -0.2) is 0 Å². The summed E-state index contributed by atoms with van der Waals surface area (Å²) in [6.45, 7) is 3.13. The van der Waals surface area contributed by atoms with Crippen molar-refractivity contribution in [2.45, 2.75) is 108 Å². The molecular formula is C24H39N3O4. The van der Waals surface area contributed by atoms with Gasteiger partial charge in [-0.2, -0.15) is 5.26 Å². The fraction of sp³-hybridized carbons (Fsp3) is 0.875. The Kier molecular flexibility index (Phi) is 7.98. The van der Waals surface area contributed by atoms with Crippen molar-refractivity contribution in [2.75, 3.05) is 13.1 Å². The lowest BCUT2D eigenvalue weighted by atomic mass is 9.51. The number of carbonyl (C=O) groups excluding carboxylic acids is 1. The van der Waals surface area contributed by atoms with Crippen LogP contribution in [0.25, 0.3) is 0 Å². The summed E-state index contributed by atoms with van der Waals surface area (Å²) in [6, 6.07) is 1.99. The van der Waals surface area contributed by atoms with Crippen LogP contribution in [-0.2, 0) is 9.59 Å². The molecule has 31 heavy (non-hydrogen) atoms.